The lowest BCUT2D eigenvalue weighted by Gasteiger charge is -2.13. The first-order chi connectivity index (χ1) is 11.6. The van der Waals surface area contributed by atoms with Gasteiger partial charge in [-0.25, -0.2) is 23.1 Å². The molecule has 0 unspecified atom stereocenters. The van der Waals surface area contributed by atoms with Crippen LogP contribution in [0.15, 0.2) is 26.5 Å². The SMILES string of the molecule is Cc1c(-n2c(=O)cc(C)n(C)c2=O)c(F)cc2sc(=O)n(C(N)=O)c12. The molecule has 8 nitrogen and oxygen atoms in total. The minimum absolute atomic E-state index is 0.0772. The number of aromatic nitrogens is 3. The van der Waals surface area contributed by atoms with Crippen molar-refractivity contribution in [3.8, 4) is 5.69 Å². The van der Waals surface area contributed by atoms with Gasteiger partial charge >= 0.3 is 16.6 Å². The van der Waals surface area contributed by atoms with Crippen LogP contribution < -0.4 is 21.9 Å². The highest BCUT2D eigenvalue weighted by molar-refractivity contribution is 7.16. The number of nitrogens with zero attached hydrogens (tertiary/aromatic N) is 3. The Morgan fingerprint density at radius 2 is 1.84 bits per heavy atom. The van der Waals surface area contributed by atoms with Crippen molar-refractivity contribution in [2.75, 3.05) is 0 Å². The standard InChI is InChI=1S/C15H13FN4O4S/c1-6-4-10(21)19(14(23)18(6)3)11-7(2)12-9(5-8(11)16)25-15(24)20(12)13(17)22/h4-5H,1-3H3,(H2,17,22). The van der Waals surface area contributed by atoms with E-state index in [9.17, 15) is 23.6 Å². The number of aryl methyl sites for hydroxylation is 2. The molecule has 0 aliphatic heterocycles. The van der Waals surface area contributed by atoms with Crippen LogP contribution in [-0.2, 0) is 7.05 Å². The number of carbonyl (C=O) groups excluding carboxylic acids is 1. The summed E-state index contributed by atoms with van der Waals surface area (Å²) in [5.74, 6) is -0.856. The van der Waals surface area contributed by atoms with E-state index >= 15 is 0 Å². The van der Waals surface area contributed by atoms with E-state index in [1.54, 1.807) is 6.92 Å². The highest BCUT2D eigenvalue weighted by Gasteiger charge is 2.22. The summed E-state index contributed by atoms with van der Waals surface area (Å²) in [6.07, 6.45) is 0. The second-order valence-electron chi connectivity index (χ2n) is 5.52. The van der Waals surface area contributed by atoms with Gasteiger partial charge in [-0.05, 0) is 19.9 Å². The molecule has 0 aliphatic rings. The molecule has 3 aromatic rings. The van der Waals surface area contributed by atoms with Crippen LogP contribution in [0.3, 0.4) is 0 Å². The molecule has 0 aliphatic carbocycles. The molecule has 130 valence electrons. The number of fused-ring (bicyclic) bond motifs is 1. The number of amides is 1. The Morgan fingerprint density at radius 1 is 1.20 bits per heavy atom. The molecule has 1 aromatic carbocycles. The predicted octanol–water partition coefficient (Wildman–Crippen LogP) is 0.595. The van der Waals surface area contributed by atoms with Crippen molar-refractivity contribution >= 4 is 27.6 Å². The van der Waals surface area contributed by atoms with Gasteiger partial charge in [0.25, 0.3) is 5.56 Å². The lowest BCUT2D eigenvalue weighted by atomic mass is 10.1. The Kier molecular flexibility index (Phi) is 3.72. The van der Waals surface area contributed by atoms with Crippen LogP contribution in [0.25, 0.3) is 15.9 Å². The summed E-state index contributed by atoms with van der Waals surface area (Å²) in [5.41, 5.74) is 4.04. The maximum atomic E-state index is 14.7. The average Bonchev–Trinajstić information content (AvgIpc) is 2.84. The highest BCUT2D eigenvalue weighted by atomic mass is 32.1. The van der Waals surface area contributed by atoms with Crippen LogP contribution >= 0.6 is 11.3 Å². The van der Waals surface area contributed by atoms with Crippen LogP contribution in [0, 0.1) is 19.7 Å². The normalized spacial score (nSPS) is 11.2. The number of hydrogen-bond donors (Lipinski definition) is 1. The van der Waals surface area contributed by atoms with Gasteiger partial charge < -0.3 is 10.3 Å². The van der Waals surface area contributed by atoms with E-state index in [4.69, 9.17) is 5.73 Å². The fourth-order valence-electron chi connectivity index (χ4n) is 2.73. The van der Waals surface area contributed by atoms with Crippen LogP contribution in [0.5, 0.6) is 0 Å². The number of thiazole rings is 1. The maximum absolute atomic E-state index is 14.7. The molecule has 0 spiro atoms. The molecule has 0 saturated heterocycles. The molecule has 10 heteroatoms. The van der Waals surface area contributed by atoms with Gasteiger partial charge in [0, 0.05) is 24.4 Å². The van der Waals surface area contributed by atoms with Crippen LogP contribution in [0.4, 0.5) is 9.18 Å². The zero-order valence-corrected chi connectivity index (χ0v) is 14.3. The number of carbonyl (C=O) groups is 1. The second kappa shape index (κ2) is 5.52. The summed E-state index contributed by atoms with van der Waals surface area (Å²) in [6, 6.07) is 1.18. The maximum Gasteiger partial charge on any atom is 0.335 e. The topological polar surface area (TPSA) is 109 Å². The van der Waals surface area contributed by atoms with Crippen molar-refractivity contribution < 1.29 is 9.18 Å². The Labute approximate surface area is 143 Å². The van der Waals surface area contributed by atoms with Gasteiger partial charge in [-0.3, -0.25) is 9.59 Å². The van der Waals surface area contributed by atoms with Gasteiger partial charge in [-0.15, -0.1) is 0 Å². The van der Waals surface area contributed by atoms with Gasteiger partial charge in [0.1, 0.15) is 5.82 Å². The van der Waals surface area contributed by atoms with Crippen molar-refractivity contribution in [2.45, 2.75) is 13.8 Å². The number of nitrogens with two attached hydrogens (primary N) is 1. The van der Waals surface area contributed by atoms with Gasteiger partial charge in [0.05, 0.1) is 15.9 Å². The monoisotopic (exact) mass is 364 g/mol. The third-order valence-corrected chi connectivity index (χ3v) is 4.92. The molecule has 2 aromatic heterocycles. The largest absolute Gasteiger partial charge is 0.351 e. The quantitative estimate of drug-likeness (QED) is 0.682. The summed E-state index contributed by atoms with van der Waals surface area (Å²) in [5, 5.41) is 0. The molecule has 2 N–H and O–H groups in total. The van der Waals surface area contributed by atoms with Crippen LogP contribution in [0.2, 0.25) is 0 Å². The smallest absolute Gasteiger partial charge is 0.335 e. The van der Waals surface area contributed by atoms with E-state index in [0.717, 1.165) is 6.07 Å². The molecule has 1 amide bonds. The van der Waals surface area contributed by atoms with Crippen molar-refractivity contribution in [1.29, 1.82) is 0 Å². The summed E-state index contributed by atoms with van der Waals surface area (Å²) in [4.78, 5) is 47.6. The first-order valence-electron chi connectivity index (χ1n) is 7.09. The first-order valence-corrected chi connectivity index (χ1v) is 7.91. The molecule has 0 saturated carbocycles. The summed E-state index contributed by atoms with van der Waals surface area (Å²) in [6.45, 7) is 2.99. The second-order valence-corrected chi connectivity index (χ2v) is 6.51. The Morgan fingerprint density at radius 3 is 2.44 bits per heavy atom. The third-order valence-electron chi connectivity index (χ3n) is 4.04. The summed E-state index contributed by atoms with van der Waals surface area (Å²) < 4.78 is 17.4. The van der Waals surface area contributed by atoms with E-state index in [-0.39, 0.29) is 21.5 Å². The van der Waals surface area contributed by atoms with Gasteiger partial charge in [0.2, 0.25) is 0 Å². The first kappa shape index (κ1) is 16.8. The highest BCUT2D eigenvalue weighted by Crippen LogP contribution is 2.28. The number of primary amides is 1. The molecule has 0 bridgehead atoms. The minimum atomic E-state index is -1.03. The van der Waals surface area contributed by atoms with Crippen molar-refractivity contribution in [3.63, 3.8) is 0 Å². The van der Waals surface area contributed by atoms with Gasteiger partial charge in [-0.1, -0.05) is 11.3 Å². The Bertz CT molecular complexity index is 1230. The molecule has 0 radical (unpaired) electrons. The lowest BCUT2D eigenvalue weighted by Crippen LogP contribution is -2.39. The van der Waals surface area contributed by atoms with Crippen LogP contribution in [-0.4, -0.2) is 19.7 Å². The zero-order valence-electron chi connectivity index (χ0n) is 13.5. The lowest BCUT2D eigenvalue weighted by molar-refractivity contribution is 0.250. The van der Waals surface area contributed by atoms with Gasteiger partial charge in [0.15, 0.2) is 0 Å². The zero-order chi connectivity index (χ0) is 18.6. The molecular formula is C15H13FN4O4S. The summed E-state index contributed by atoms with van der Waals surface area (Å²) >= 11 is 0.649. The molecular weight excluding hydrogens is 351 g/mol. The summed E-state index contributed by atoms with van der Waals surface area (Å²) in [7, 11) is 1.45. The van der Waals surface area contributed by atoms with Crippen molar-refractivity contribution in [3.05, 3.63) is 59.7 Å². The number of halogens is 1. The number of hydrogen-bond acceptors (Lipinski definition) is 5. The van der Waals surface area contributed by atoms with Crippen molar-refractivity contribution in [1.82, 2.24) is 13.7 Å². The van der Waals surface area contributed by atoms with E-state index in [1.165, 1.54) is 24.6 Å². The fraction of sp³-hybridized carbons (Fsp3) is 0.200. The number of rotatable bonds is 1. The molecule has 0 fully saturated rings. The van der Waals surface area contributed by atoms with E-state index in [1.807, 2.05) is 0 Å². The molecule has 25 heavy (non-hydrogen) atoms. The van der Waals surface area contributed by atoms with Crippen molar-refractivity contribution in [2.24, 2.45) is 12.8 Å². The molecule has 3 rings (SSSR count). The van der Waals surface area contributed by atoms with E-state index in [2.05, 4.69) is 0 Å². The fourth-order valence-corrected chi connectivity index (χ4v) is 3.69. The number of benzene rings is 1. The van der Waals surface area contributed by atoms with E-state index in [0.29, 0.717) is 26.2 Å². The third kappa shape index (κ3) is 2.33. The predicted molar refractivity (Wildman–Crippen MR) is 91.3 cm³/mol. The average molecular weight is 364 g/mol. The minimum Gasteiger partial charge on any atom is -0.351 e. The Balaban J connectivity index is 2.56. The Hall–Kier alpha value is -3.01. The van der Waals surface area contributed by atoms with Gasteiger partial charge in [-0.2, -0.15) is 0 Å². The molecule has 0 atom stereocenters. The van der Waals surface area contributed by atoms with Crippen LogP contribution in [0.1, 0.15) is 11.3 Å². The van der Waals surface area contributed by atoms with E-state index < -0.39 is 28.0 Å². The molecule has 2 heterocycles.